The van der Waals surface area contributed by atoms with Crippen LogP contribution in [0.3, 0.4) is 0 Å². The maximum Gasteiger partial charge on any atom is 0.269 e. The van der Waals surface area contributed by atoms with Crippen LogP contribution in [0.25, 0.3) is 0 Å². The molecule has 1 fully saturated rings. The molecular formula is C17H22N2O4S. The molecule has 24 heavy (non-hydrogen) atoms. The van der Waals surface area contributed by atoms with Crippen molar-refractivity contribution in [1.82, 2.24) is 9.62 Å². The number of rotatable bonds is 5. The van der Waals surface area contributed by atoms with E-state index in [-0.39, 0.29) is 33.5 Å². The smallest absolute Gasteiger partial charge is 0.269 e. The zero-order valence-electron chi connectivity index (χ0n) is 14.1. The highest BCUT2D eigenvalue weighted by Crippen LogP contribution is 2.39. The molecule has 3 rings (SSSR count). The van der Waals surface area contributed by atoms with Gasteiger partial charge in [-0.15, -0.1) is 0 Å². The molecule has 1 aliphatic carbocycles. The van der Waals surface area contributed by atoms with Crippen LogP contribution in [-0.2, 0) is 10.0 Å². The third-order valence-corrected chi connectivity index (χ3v) is 6.29. The van der Waals surface area contributed by atoms with Crippen molar-refractivity contribution in [2.24, 2.45) is 0 Å². The lowest BCUT2D eigenvalue weighted by Gasteiger charge is -2.25. The van der Waals surface area contributed by atoms with Crippen LogP contribution in [0, 0.1) is 0 Å². The second-order valence-corrected chi connectivity index (χ2v) is 8.92. The van der Waals surface area contributed by atoms with Gasteiger partial charge in [0.15, 0.2) is 0 Å². The van der Waals surface area contributed by atoms with Gasteiger partial charge in [-0.25, -0.2) is 12.7 Å². The number of carbonyl (C=O) groups is 2. The van der Waals surface area contributed by atoms with Crippen LogP contribution in [0.1, 0.15) is 67.2 Å². The minimum absolute atomic E-state index is 0.0552. The quantitative estimate of drug-likeness (QED) is 0.883. The Hall–Kier alpha value is -1.89. The van der Waals surface area contributed by atoms with Crippen molar-refractivity contribution in [3.05, 3.63) is 29.3 Å². The van der Waals surface area contributed by atoms with Crippen molar-refractivity contribution in [3.63, 3.8) is 0 Å². The molecule has 0 radical (unpaired) electrons. The van der Waals surface area contributed by atoms with Crippen LogP contribution >= 0.6 is 0 Å². The van der Waals surface area contributed by atoms with E-state index in [0.717, 1.165) is 17.1 Å². The Morgan fingerprint density at radius 2 is 2.00 bits per heavy atom. The molecule has 0 spiro atoms. The molecule has 0 atom stereocenters. The van der Waals surface area contributed by atoms with Crippen molar-refractivity contribution in [2.75, 3.05) is 0 Å². The van der Waals surface area contributed by atoms with Gasteiger partial charge in [0, 0.05) is 17.1 Å². The molecular weight excluding hydrogens is 328 g/mol. The van der Waals surface area contributed by atoms with Gasteiger partial charge in [-0.05, 0) is 51.3 Å². The van der Waals surface area contributed by atoms with Gasteiger partial charge >= 0.3 is 0 Å². The first kappa shape index (κ1) is 17.0. The summed E-state index contributed by atoms with van der Waals surface area (Å²) < 4.78 is 26.2. The molecule has 7 heteroatoms. The van der Waals surface area contributed by atoms with Gasteiger partial charge in [0.25, 0.3) is 21.8 Å². The lowest BCUT2D eigenvalue weighted by Crippen LogP contribution is -2.43. The number of hydrogen-bond acceptors (Lipinski definition) is 4. The fraction of sp³-hybridized carbons (Fsp3) is 0.529. The van der Waals surface area contributed by atoms with E-state index in [9.17, 15) is 18.0 Å². The van der Waals surface area contributed by atoms with E-state index in [1.807, 2.05) is 20.8 Å². The van der Waals surface area contributed by atoms with Gasteiger partial charge in [0.2, 0.25) is 0 Å². The number of hydrogen-bond donors (Lipinski definition) is 1. The predicted octanol–water partition coefficient (Wildman–Crippen LogP) is 2.30. The summed E-state index contributed by atoms with van der Waals surface area (Å²) in [6.07, 6.45) is 3.15. The second-order valence-electron chi connectivity index (χ2n) is 7.14. The first-order valence-corrected chi connectivity index (χ1v) is 9.67. The number of benzene rings is 1. The summed E-state index contributed by atoms with van der Waals surface area (Å²) in [5.74, 6) is -0.811. The van der Waals surface area contributed by atoms with Gasteiger partial charge in [0.05, 0.1) is 5.56 Å². The number of nitrogens with zero attached hydrogens (tertiary/aromatic N) is 1. The lowest BCUT2D eigenvalue weighted by atomic mass is 9.98. The highest BCUT2D eigenvalue weighted by Gasteiger charge is 2.48. The van der Waals surface area contributed by atoms with E-state index in [2.05, 4.69) is 5.32 Å². The number of sulfonamides is 1. The number of nitrogens with one attached hydrogen (secondary N) is 1. The fourth-order valence-electron chi connectivity index (χ4n) is 3.13. The molecule has 2 amide bonds. The highest BCUT2D eigenvalue weighted by molar-refractivity contribution is 7.90. The lowest BCUT2D eigenvalue weighted by molar-refractivity contribution is 0.0861. The van der Waals surface area contributed by atoms with Crippen LogP contribution in [0.5, 0.6) is 0 Å². The van der Waals surface area contributed by atoms with E-state index in [1.54, 1.807) is 0 Å². The Balaban J connectivity index is 1.92. The molecule has 130 valence electrons. The van der Waals surface area contributed by atoms with Crippen LogP contribution in [0.15, 0.2) is 23.1 Å². The second kappa shape index (κ2) is 5.58. The monoisotopic (exact) mass is 350 g/mol. The van der Waals surface area contributed by atoms with Gasteiger partial charge < -0.3 is 5.32 Å². The highest BCUT2D eigenvalue weighted by atomic mass is 32.2. The van der Waals surface area contributed by atoms with Gasteiger partial charge in [-0.1, -0.05) is 13.3 Å². The Bertz CT molecular complexity index is 810. The summed E-state index contributed by atoms with van der Waals surface area (Å²) >= 11 is 0. The zero-order chi connectivity index (χ0) is 17.7. The molecule has 2 aliphatic rings. The average Bonchev–Trinajstić information content (AvgIpc) is 3.27. The molecule has 0 aromatic heterocycles. The summed E-state index contributed by atoms with van der Waals surface area (Å²) in [7, 11) is -3.84. The molecule has 1 aromatic rings. The molecule has 0 unspecified atom stereocenters. The largest absolute Gasteiger partial charge is 0.347 e. The van der Waals surface area contributed by atoms with Crippen molar-refractivity contribution < 1.29 is 18.0 Å². The Morgan fingerprint density at radius 3 is 2.58 bits per heavy atom. The molecule has 1 aliphatic heterocycles. The SMILES string of the molecule is CCCC(C)(C)NC(=O)c1ccc2c(c1)S(=O)(=O)N(C1CC1)C2=O. The van der Waals surface area contributed by atoms with E-state index in [1.165, 1.54) is 18.2 Å². The standard InChI is InChI=1S/C17H22N2O4S/c1-4-9-17(2,3)18-15(20)11-5-8-13-14(10-11)24(22,23)19(16(13)21)12-6-7-12/h5,8,10,12H,4,6-7,9H2,1-3H3,(H,18,20). The molecule has 0 bridgehead atoms. The van der Waals surface area contributed by atoms with Gasteiger partial charge in [-0.3, -0.25) is 9.59 Å². The Labute approximate surface area is 142 Å². The van der Waals surface area contributed by atoms with Crippen LogP contribution in [0.2, 0.25) is 0 Å². The van der Waals surface area contributed by atoms with E-state index < -0.39 is 15.9 Å². The molecule has 1 saturated carbocycles. The maximum atomic E-state index is 12.6. The summed E-state index contributed by atoms with van der Waals surface area (Å²) in [4.78, 5) is 24.7. The maximum absolute atomic E-state index is 12.6. The number of carbonyl (C=O) groups excluding carboxylic acids is 2. The molecule has 1 N–H and O–H groups in total. The summed E-state index contributed by atoms with van der Waals surface area (Å²) in [5.41, 5.74) is 0.0396. The minimum atomic E-state index is -3.84. The van der Waals surface area contributed by atoms with Crippen molar-refractivity contribution in [3.8, 4) is 0 Å². The Morgan fingerprint density at radius 1 is 1.33 bits per heavy atom. The van der Waals surface area contributed by atoms with E-state index in [4.69, 9.17) is 0 Å². The van der Waals surface area contributed by atoms with Gasteiger partial charge in [0.1, 0.15) is 4.90 Å². The number of amides is 2. The first-order chi connectivity index (χ1) is 11.2. The van der Waals surface area contributed by atoms with Crippen LogP contribution < -0.4 is 5.32 Å². The normalized spacial score (nSPS) is 19.3. The zero-order valence-corrected chi connectivity index (χ0v) is 14.9. The molecule has 1 aromatic carbocycles. The van der Waals surface area contributed by atoms with E-state index >= 15 is 0 Å². The van der Waals surface area contributed by atoms with Crippen LogP contribution in [0.4, 0.5) is 0 Å². The molecule has 6 nitrogen and oxygen atoms in total. The molecule has 0 saturated heterocycles. The topological polar surface area (TPSA) is 83.6 Å². The molecule has 1 heterocycles. The summed E-state index contributed by atoms with van der Waals surface area (Å²) in [6.45, 7) is 5.89. The fourth-order valence-corrected chi connectivity index (χ4v) is 4.97. The average molecular weight is 350 g/mol. The minimum Gasteiger partial charge on any atom is -0.347 e. The summed E-state index contributed by atoms with van der Waals surface area (Å²) in [5, 5.41) is 2.92. The first-order valence-electron chi connectivity index (χ1n) is 8.23. The van der Waals surface area contributed by atoms with Gasteiger partial charge in [-0.2, -0.15) is 0 Å². The predicted molar refractivity (Wildman–Crippen MR) is 89.3 cm³/mol. The van der Waals surface area contributed by atoms with E-state index in [0.29, 0.717) is 12.8 Å². The Kier molecular flexibility index (Phi) is 3.94. The van der Waals surface area contributed by atoms with Crippen molar-refractivity contribution >= 4 is 21.8 Å². The summed E-state index contributed by atoms with van der Waals surface area (Å²) in [6, 6.07) is 4.05. The van der Waals surface area contributed by atoms with Crippen molar-refractivity contribution in [2.45, 2.75) is 62.9 Å². The third-order valence-electron chi connectivity index (χ3n) is 4.42. The van der Waals surface area contributed by atoms with Crippen molar-refractivity contribution in [1.29, 1.82) is 0 Å². The van der Waals surface area contributed by atoms with Crippen LogP contribution in [-0.4, -0.2) is 36.1 Å². The third kappa shape index (κ3) is 2.81. The number of fused-ring (bicyclic) bond motifs is 1.